The second kappa shape index (κ2) is 7.42. The largest absolute Gasteiger partial charge is 0.394 e. The topological polar surface area (TPSA) is 3.88 Å². The van der Waals surface area contributed by atoms with E-state index in [1.807, 2.05) is 61.1 Å². The average molecular weight is 386 g/mol. The van der Waals surface area contributed by atoms with Gasteiger partial charge in [-0.2, -0.15) is 13.2 Å². The van der Waals surface area contributed by atoms with Crippen LogP contribution in [0, 0.1) is 12.3 Å². The van der Waals surface area contributed by atoms with Gasteiger partial charge in [-0.05, 0) is 41.6 Å². The first kappa shape index (κ1) is 17.5. The third kappa shape index (κ3) is 4.11. The number of aryl methyl sites for hydroxylation is 2. The molecule has 0 aliphatic rings. The first-order valence-corrected chi connectivity index (χ1v) is 9.09. The molecule has 1 nitrogen and oxygen atoms in total. The zero-order valence-corrected chi connectivity index (χ0v) is 16.4. The van der Waals surface area contributed by atoms with Gasteiger partial charge in [0, 0.05) is 20.4 Å². The number of alkyl halides is 3. The summed E-state index contributed by atoms with van der Waals surface area (Å²) in [6.45, 7) is 3.83. The Hall–Kier alpha value is -2.62. The molecule has 0 spiro atoms. The van der Waals surface area contributed by atoms with Crippen molar-refractivity contribution in [1.29, 1.82) is 0 Å². The number of benzene rings is 2. The number of hydrogen-bond acceptors (Lipinski definition) is 0. The maximum atomic E-state index is 13.5. The molecule has 0 N–H and O–H groups in total. The van der Waals surface area contributed by atoms with Gasteiger partial charge in [0.25, 0.3) is 0 Å². The van der Waals surface area contributed by atoms with Crippen LogP contribution in [0.1, 0.15) is 27.7 Å². The van der Waals surface area contributed by atoms with Crippen LogP contribution < -0.4 is 4.57 Å². The van der Waals surface area contributed by atoms with Crippen molar-refractivity contribution < 1.29 is 20.5 Å². The van der Waals surface area contributed by atoms with Crippen LogP contribution in [0.15, 0.2) is 66.9 Å². The Morgan fingerprint density at radius 1 is 0.929 bits per heavy atom. The molecule has 0 unspecified atom stereocenters. The van der Waals surface area contributed by atoms with Crippen molar-refractivity contribution in [2.24, 2.45) is 12.5 Å². The van der Waals surface area contributed by atoms with Gasteiger partial charge < -0.3 is 0 Å². The van der Waals surface area contributed by atoms with Crippen molar-refractivity contribution in [2.75, 3.05) is 0 Å². The highest BCUT2D eigenvalue weighted by atomic mass is 19.4. The summed E-state index contributed by atoms with van der Waals surface area (Å²) in [7, 11) is 1.94. The van der Waals surface area contributed by atoms with E-state index in [4.69, 9.17) is 2.74 Å². The van der Waals surface area contributed by atoms with Gasteiger partial charge in [0.1, 0.15) is 7.05 Å². The van der Waals surface area contributed by atoms with Crippen LogP contribution in [-0.2, 0) is 13.4 Å². The zero-order chi connectivity index (χ0) is 22.3. The average Bonchev–Trinajstić information content (AvgIpc) is 2.68. The summed E-state index contributed by atoms with van der Waals surface area (Å²) in [4.78, 5) is 0. The summed E-state index contributed by atoms with van der Waals surface area (Å²) >= 11 is 0. The van der Waals surface area contributed by atoms with Crippen LogP contribution >= 0.6 is 0 Å². The van der Waals surface area contributed by atoms with E-state index in [9.17, 15) is 13.2 Å². The van der Waals surface area contributed by atoms with Crippen LogP contribution in [0.5, 0.6) is 0 Å². The minimum Gasteiger partial charge on any atom is -0.201 e. The van der Waals surface area contributed by atoms with Crippen LogP contribution in [-0.4, -0.2) is 6.18 Å². The Labute approximate surface area is 167 Å². The van der Waals surface area contributed by atoms with Crippen LogP contribution in [0.25, 0.3) is 22.4 Å². The van der Waals surface area contributed by atoms with Crippen molar-refractivity contribution in [3.8, 4) is 22.4 Å². The van der Waals surface area contributed by atoms with Gasteiger partial charge in [0.15, 0.2) is 6.20 Å². The van der Waals surface area contributed by atoms with E-state index in [2.05, 4.69) is 0 Å². The van der Waals surface area contributed by atoms with Crippen LogP contribution in [0.3, 0.4) is 0 Å². The van der Waals surface area contributed by atoms with Crippen molar-refractivity contribution in [1.82, 2.24) is 0 Å². The molecule has 0 saturated carbocycles. The molecule has 0 amide bonds. The van der Waals surface area contributed by atoms with Crippen LogP contribution in [0.2, 0.25) is 0 Å². The first-order valence-electron chi connectivity index (χ1n) is 10.1. The van der Waals surface area contributed by atoms with Gasteiger partial charge in [-0.15, -0.1) is 0 Å². The van der Waals surface area contributed by atoms with Crippen LogP contribution in [0.4, 0.5) is 13.2 Å². The molecule has 1 aromatic heterocycles. The quantitative estimate of drug-likeness (QED) is 0.464. The third-order valence-electron chi connectivity index (χ3n) is 4.93. The van der Waals surface area contributed by atoms with E-state index in [1.54, 1.807) is 12.1 Å². The fourth-order valence-electron chi connectivity index (χ4n) is 3.09. The lowest BCUT2D eigenvalue weighted by molar-refractivity contribution is -0.660. The molecule has 4 heteroatoms. The molecule has 3 rings (SSSR count). The predicted octanol–water partition coefficient (Wildman–Crippen LogP) is 6.28. The Morgan fingerprint density at radius 3 is 2.29 bits per heavy atom. The fraction of sp³-hybridized carbons (Fsp3) is 0.292. The van der Waals surface area contributed by atoms with Gasteiger partial charge in [0.2, 0.25) is 5.69 Å². The normalized spacial score (nSPS) is 13.8. The van der Waals surface area contributed by atoms with E-state index < -0.39 is 18.0 Å². The maximum Gasteiger partial charge on any atom is 0.394 e. The molecule has 3 aromatic rings. The van der Waals surface area contributed by atoms with E-state index in [1.165, 1.54) is 12.1 Å². The van der Waals surface area contributed by atoms with E-state index >= 15 is 0 Å². The fourth-order valence-corrected chi connectivity index (χ4v) is 3.09. The lowest BCUT2D eigenvalue weighted by Crippen LogP contribution is -2.34. The molecule has 0 atom stereocenters. The molecule has 2 aromatic carbocycles. The predicted molar refractivity (Wildman–Crippen MR) is 107 cm³/mol. The van der Waals surface area contributed by atoms with Crippen molar-refractivity contribution in [2.45, 2.75) is 33.3 Å². The summed E-state index contributed by atoms with van der Waals surface area (Å²) in [5.74, 6) is 0. The molecule has 0 aliphatic carbocycles. The molecular weight excluding hydrogens is 359 g/mol. The highest BCUT2D eigenvalue weighted by Gasteiger charge is 2.46. The first-order chi connectivity index (χ1) is 13.9. The lowest BCUT2D eigenvalue weighted by Gasteiger charge is -2.27. The standard InChI is InChI=1S/C24H25F3N/c1-17-8-5-6-11-21(17)22-15-20(12-13-28(22)4)19-10-7-9-18(14-19)16-23(2,3)24(25,26)27/h5-15H,16H2,1-4H3/q+1/i16D2. The molecule has 28 heavy (non-hydrogen) atoms. The molecule has 146 valence electrons. The molecule has 0 bridgehead atoms. The highest BCUT2D eigenvalue weighted by Crippen LogP contribution is 2.40. The SMILES string of the molecule is [2H]C([2H])(c1cccc(-c2cc[n+](C)c(-c3ccccc3C)c2)c1)C(C)(C)C(F)(F)F. The molecule has 0 aliphatic heterocycles. The number of nitrogens with zero attached hydrogens (tertiary/aromatic N) is 1. The van der Waals surface area contributed by atoms with Crippen molar-refractivity contribution >= 4 is 0 Å². The number of aromatic nitrogens is 1. The Morgan fingerprint density at radius 2 is 1.61 bits per heavy atom. The van der Waals surface area contributed by atoms with E-state index in [0.717, 1.165) is 36.2 Å². The molecule has 1 heterocycles. The summed E-state index contributed by atoms with van der Waals surface area (Å²) in [5, 5.41) is 0. The van der Waals surface area contributed by atoms with E-state index in [-0.39, 0.29) is 5.56 Å². The number of halogens is 3. The highest BCUT2D eigenvalue weighted by molar-refractivity contribution is 5.70. The minimum absolute atomic E-state index is 0.00740. The number of hydrogen-bond donors (Lipinski definition) is 0. The molecular formula is C24H25F3N+. The summed E-state index contributed by atoms with van der Waals surface area (Å²) in [5.41, 5.74) is 2.10. The number of rotatable bonds is 4. The Bertz CT molecular complexity index is 1070. The van der Waals surface area contributed by atoms with Gasteiger partial charge in [-0.25, -0.2) is 4.57 Å². The van der Waals surface area contributed by atoms with Gasteiger partial charge in [-0.3, -0.25) is 0 Å². The molecule has 0 saturated heterocycles. The minimum atomic E-state index is -4.68. The Kier molecular flexibility index (Phi) is 4.63. The van der Waals surface area contributed by atoms with Gasteiger partial charge >= 0.3 is 6.18 Å². The summed E-state index contributed by atoms with van der Waals surface area (Å²) in [6.07, 6.45) is -5.36. The monoisotopic (exact) mass is 386 g/mol. The van der Waals surface area contributed by atoms with Crippen molar-refractivity contribution in [3.05, 3.63) is 78.0 Å². The molecule has 0 fully saturated rings. The van der Waals surface area contributed by atoms with Gasteiger partial charge in [-0.1, -0.05) is 56.3 Å². The summed E-state index contributed by atoms with van der Waals surface area (Å²) in [6, 6.07) is 18.2. The second-order valence-corrected chi connectivity index (χ2v) is 7.56. The Balaban J connectivity index is 2.10. The molecule has 0 radical (unpaired) electrons. The lowest BCUT2D eigenvalue weighted by atomic mass is 9.84. The summed E-state index contributed by atoms with van der Waals surface area (Å²) < 4.78 is 59.1. The zero-order valence-electron chi connectivity index (χ0n) is 18.4. The second-order valence-electron chi connectivity index (χ2n) is 7.56. The van der Waals surface area contributed by atoms with E-state index in [0.29, 0.717) is 5.56 Å². The van der Waals surface area contributed by atoms with Crippen molar-refractivity contribution in [3.63, 3.8) is 0 Å². The smallest absolute Gasteiger partial charge is 0.201 e. The maximum absolute atomic E-state index is 13.5. The third-order valence-corrected chi connectivity index (χ3v) is 4.93. The number of pyridine rings is 1. The van der Waals surface area contributed by atoms with Gasteiger partial charge in [0.05, 0.1) is 5.41 Å².